The van der Waals surface area contributed by atoms with Gasteiger partial charge in [-0.1, -0.05) is 23.7 Å². The molecule has 7 nitrogen and oxygen atoms in total. The summed E-state index contributed by atoms with van der Waals surface area (Å²) in [7, 11) is -2.49. The van der Waals surface area contributed by atoms with Crippen molar-refractivity contribution < 1.29 is 13.2 Å². The number of ether oxygens (including phenoxy) is 1. The predicted molar refractivity (Wildman–Crippen MR) is 102 cm³/mol. The summed E-state index contributed by atoms with van der Waals surface area (Å²) < 4.78 is 27.7. The number of thiol groups is 1. The van der Waals surface area contributed by atoms with E-state index in [1.807, 2.05) is 19.1 Å². The molecule has 1 unspecified atom stereocenters. The Morgan fingerprint density at radius 2 is 2.15 bits per heavy atom. The Morgan fingerprint density at radius 1 is 1.35 bits per heavy atom. The standard InChI is InChI=1S/C17H21ClN4O3S/c1-11-7-16(21-17(19)20-11)22-5-2-6-25-9-15(22)13-4-3-12(8-14(13)18)10-26(23)24/h3-4,7-8,15,26H,2,5-6,9-10H2,1H3,(H2,19,20,21). The summed E-state index contributed by atoms with van der Waals surface area (Å²) in [6.45, 7) is 3.72. The SMILES string of the molecule is Cc1cc(N2CCCOCC2c2ccc(C[SH](=O)=O)cc2Cl)nc(N)n1. The zero-order chi connectivity index (χ0) is 18.7. The fourth-order valence-corrected chi connectivity index (χ4v) is 3.94. The highest BCUT2D eigenvalue weighted by Gasteiger charge is 2.27. The van der Waals surface area contributed by atoms with Crippen molar-refractivity contribution in [2.24, 2.45) is 0 Å². The van der Waals surface area contributed by atoms with Crippen molar-refractivity contribution in [1.82, 2.24) is 9.97 Å². The molecule has 0 saturated carbocycles. The van der Waals surface area contributed by atoms with E-state index in [0.717, 1.165) is 30.0 Å². The third-order valence-corrected chi connectivity index (χ3v) is 5.18. The Hall–Kier alpha value is -1.90. The van der Waals surface area contributed by atoms with Crippen LogP contribution in [0.5, 0.6) is 0 Å². The first kappa shape index (κ1) is 18.9. The summed E-state index contributed by atoms with van der Waals surface area (Å²) in [4.78, 5) is 10.6. The number of anilines is 2. The summed E-state index contributed by atoms with van der Waals surface area (Å²) in [5, 5.41) is 0.513. The van der Waals surface area contributed by atoms with Crippen LogP contribution in [0.15, 0.2) is 24.3 Å². The number of nitrogen functional groups attached to an aromatic ring is 1. The molecule has 1 aliphatic heterocycles. The smallest absolute Gasteiger partial charge is 0.222 e. The van der Waals surface area contributed by atoms with Crippen LogP contribution in [0.25, 0.3) is 0 Å². The van der Waals surface area contributed by atoms with Gasteiger partial charge in [0.1, 0.15) is 16.5 Å². The molecule has 1 aliphatic rings. The predicted octanol–water partition coefficient (Wildman–Crippen LogP) is 2.10. The number of nitrogens with two attached hydrogens (primary N) is 1. The van der Waals surface area contributed by atoms with Crippen molar-refractivity contribution in [3.63, 3.8) is 0 Å². The Bertz CT molecular complexity index is 847. The van der Waals surface area contributed by atoms with Crippen molar-refractivity contribution in [2.45, 2.75) is 25.1 Å². The van der Waals surface area contributed by atoms with Crippen LogP contribution in [0.3, 0.4) is 0 Å². The highest BCUT2D eigenvalue weighted by Crippen LogP contribution is 2.33. The van der Waals surface area contributed by atoms with Gasteiger partial charge in [-0.3, -0.25) is 0 Å². The molecule has 1 atom stereocenters. The topological polar surface area (TPSA) is 98.4 Å². The van der Waals surface area contributed by atoms with Gasteiger partial charge < -0.3 is 15.4 Å². The molecule has 2 heterocycles. The maximum atomic E-state index is 11.0. The van der Waals surface area contributed by atoms with Crippen molar-refractivity contribution in [3.05, 3.63) is 46.1 Å². The van der Waals surface area contributed by atoms with Crippen LogP contribution < -0.4 is 10.6 Å². The number of benzene rings is 1. The zero-order valence-electron chi connectivity index (χ0n) is 14.4. The summed E-state index contributed by atoms with van der Waals surface area (Å²) >= 11 is 6.48. The van der Waals surface area contributed by atoms with Crippen LogP contribution in [0.2, 0.25) is 5.02 Å². The molecule has 1 fully saturated rings. The van der Waals surface area contributed by atoms with E-state index in [9.17, 15) is 8.42 Å². The van der Waals surface area contributed by atoms with Gasteiger partial charge in [-0.25, -0.2) is 13.4 Å². The Balaban J connectivity index is 1.99. The molecule has 26 heavy (non-hydrogen) atoms. The Kier molecular flexibility index (Phi) is 5.95. The lowest BCUT2D eigenvalue weighted by atomic mass is 10.0. The van der Waals surface area contributed by atoms with E-state index >= 15 is 0 Å². The van der Waals surface area contributed by atoms with Crippen LogP contribution in [-0.2, 0) is 21.2 Å². The first-order chi connectivity index (χ1) is 12.4. The maximum absolute atomic E-state index is 11.0. The van der Waals surface area contributed by atoms with Gasteiger partial charge in [0.15, 0.2) is 0 Å². The van der Waals surface area contributed by atoms with E-state index in [2.05, 4.69) is 14.9 Å². The highest BCUT2D eigenvalue weighted by atomic mass is 35.5. The average Bonchev–Trinajstić information content (AvgIpc) is 2.79. The third-order valence-electron chi connectivity index (χ3n) is 4.23. The number of aromatic nitrogens is 2. The molecule has 0 radical (unpaired) electrons. The first-order valence-corrected chi connectivity index (χ1v) is 10.0. The Morgan fingerprint density at radius 3 is 2.85 bits per heavy atom. The van der Waals surface area contributed by atoms with E-state index in [1.165, 1.54) is 0 Å². The van der Waals surface area contributed by atoms with Crippen LogP contribution in [0.4, 0.5) is 11.8 Å². The van der Waals surface area contributed by atoms with Crippen molar-refractivity contribution >= 4 is 34.1 Å². The van der Waals surface area contributed by atoms with E-state index in [0.29, 0.717) is 23.8 Å². The first-order valence-electron chi connectivity index (χ1n) is 8.29. The minimum atomic E-state index is -2.49. The van der Waals surface area contributed by atoms with E-state index in [4.69, 9.17) is 22.1 Å². The van der Waals surface area contributed by atoms with Gasteiger partial charge in [-0.05, 0) is 30.5 Å². The van der Waals surface area contributed by atoms with Gasteiger partial charge in [-0.2, -0.15) is 4.98 Å². The van der Waals surface area contributed by atoms with Gasteiger partial charge in [0.05, 0.1) is 18.4 Å². The fraction of sp³-hybridized carbons (Fsp3) is 0.412. The zero-order valence-corrected chi connectivity index (χ0v) is 16.0. The number of aryl methyl sites for hydroxylation is 1. The molecule has 0 spiro atoms. The van der Waals surface area contributed by atoms with E-state index < -0.39 is 10.7 Å². The second kappa shape index (κ2) is 8.20. The average molecular weight is 397 g/mol. The molecule has 1 aromatic heterocycles. The van der Waals surface area contributed by atoms with Crippen LogP contribution in [-0.4, -0.2) is 38.1 Å². The van der Waals surface area contributed by atoms with Gasteiger partial charge >= 0.3 is 0 Å². The van der Waals surface area contributed by atoms with Crippen LogP contribution in [0.1, 0.15) is 29.3 Å². The van der Waals surface area contributed by atoms with Crippen LogP contribution in [0, 0.1) is 6.92 Å². The second-order valence-corrected chi connectivity index (χ2v) is 7.60. The lowest BCUT2D eigenvalue weighted by Crippen LogP contribution is -2.32. The molecular formula is C17H21ClN4O3S. The minimum Gasteiger partial charge on any atom is -0.379 e. The lowest BCUT2D eigenvalue weighted by molar-refractivity contribution is 0.134. The minimum absolute atomic E-state index is 0.0259. The second-order valence-electron chi connectivity index (χ2n) is 6.21. The largest absolute Gasteiger partial charge is 0.379 e. The Labute approximate surface area is 159 Å². The summed E-state index contributed by atoms with van der Waals surface area (Å²) in [5.41, 5.74) is 8.14. The molecule has 1 saturated heterocycles. The van der Waals surface area contributed by atoms with Crippen LogP contribution >= 0.6 is 11.6 Å². The summed E-state index contributed by atoms with van der Waals surface area (Å²) in [5.74, 6) is 0.930. The molecule has 1 aromatic carbocycles. The molecule has 2 N–H and O–H groups in total. The van der Waals surface area contributed by atoms with E-state index in [-0.39, 0.29) is 17.7 Å². The highest BCUT2D eigenvalue weighted by molar-refractivity contribution is 7.71. The van der Waals surface area contributed by atoms with Gasteiger partial charge in [0, 0.05) is 29.9 Å². The molecule has 3 rings (SSSR count). The molecule has 140 valence electrons. The van der Waals surface area contributed by atoms with Crippen molar-refractivity contribution in [3.8, 4) is 0 Å². The van der Waals surface area contributed by atoms with E-state index in [1.54, 1.807) is 12.1 Å². The molecule has 0 amide bonds. The maximum Gasteiger partial charge on any atom is 0.222 e. The molecular weight excluding hydrogens is 376 g/mol. The van der Waals surface area contributed by atoms with Gasteiger partial charge in [0.25, 0.3) is 0 Å². The molecule has 0 bridgehead atoms. The normalized spacial score (nSPS) is 18.1. The number of hydrogen-bond acceptors (Lipinski definition) is 7. The van der Waals surface area contributed by atoms with Gasteiger partial charge in [0.2, 0.25) is 5.95 Å². The molecule has 2 aromatic rings. The number of nitrogens with zero attached hydrogens (tertiary/aromatic N) is 3. The number of hydrogen-bond donors (Lipinski definition) is 2. The number of halogens is 1. The molecule has 9 heteroatoms. The van der Waals surface area contributed by atoms with Gasteiger partial charge in [-0.15, -0.1) is 0 Å². The quantitative estimate of drug-likeness (QED) is 0.763. The summed E-state index contributed by atoms with van der Waals surface area (Å²) in [6.07, 6.45) is 0.853. The number of rotatable bonds is 4. The summed E-state index contributed by atoms with van der Waals surface area (Å²) in [6, 6.07) is 7.09. The molecule has 0 aliphatic carbocycles. The third kappa shape index (κ3) is 4.44. The monoisotopic (exact) mass is 396 g/mol. The van der Waals surface area contributed by atoms with Crippen molar-refractivity contribution in [2.75, 3.05) is 30.4 Å². The fourth-order valence-electron chi connectivity index (χ4n) is 3.12. The lowest BCUT2D eigenvalue weighted by Gasteiger charge is -2.31. The van der Waals surface area contributed by atoms with Crippen molar-refractivity contribution in [1.29, 1.82) is 0 Å².